The van der Waals surface area contributed by atoms with Gasteiger partial charge in [-0.25, -0.2) is 26.6 Å². The molecule has 63 heavy (non-hydrogen) atoms. The van der Waals surface area contributed by atoms with Gasteiger partial charge in [0.05, 0.1) is 55.4 Å². The average molecular weight is 903 g/mol. The number of carbonyl (C=O) groups is 4. The van der Waals surface area contributed by atoms with Crippen LogP contribution >= 0.6 is 0 Å². The van der Waals surface area contributed by atoms with Gasteiger partial charge in [-0.15, -0.1) is 0 Å². The Labute approximate surface area is 367 Å². The number of hydrogen-bond acceptors (Lipinski definition) is 11. The molecule has 13 nitrogen and oxygen atoms in total. The minimum absolute atomic E-state index is 0.00723. The van der Waals surface area contributed by atoms with Crippen LogP contribution in [0.15, 0.2) is 42.6 Å². The van der Waals surface area contributed by atoms with E-state index in [9.17, 15) is 36.0 Å². The fourth-order valence-electron chi connectivity index (χ4n) is 9.55. The van der Waals surface area contributed by atoms with Gasteiger partial charge in [0.1, 0.15) is 17.5 Å². The highest BCUT2D eigenvalue weighted by Gasteiger charge is 2.63. The van der Waals surface area contributed by atoms with Crippen LogP contribution in [-0.2, 0) is 38.7 Å². The van der Waals surface area contributed by atoms with E-state index in [0.29, 0.717) is 64.3 Å². The van der Waals surface area contributed by atoms with Crippen LogP contribution in [0.25, 0.3) is 10.8 Å². The number of halogens is 3. The monoisotopic (exact) mass is 902 g/mol. The molecule has 1 aromatic carbocycles. The van der Waals surface area contributed by atoms with Crippen molar-refractivity contribution in [1.29, 1.82) is 0 Å². The number of fused-ring (bicyclic) bond motifs is 3. The van der Waals surface area contributed by atoms with Crippen LogP contribution < -0.4 is 14.4 Å². The first kappa shape index (κ1) is 46.7. The molecule has 0 radical (unpaired) electrons. The lowest BCUT2D eigenvalue weighted by Gasteiger charge is -2.35. The molecule has 7 rings (SSSR count). The molecule has 4 fully saturated rings. The second-order valence-electron chi connectivity index (χ2n) is 19.1. The maximum absolute atomic E-state index is 15.2. The van der Waals surface area contributed by atoms with Crippen LogP contribution in [-0.4, -0.2) is 110 Å². The van der Waals surface area contributed by atoms with Crippen molar-refractivity contribution in [1.82, 2.24) is 14.6 Å². The zero-order valence-electron chi connectivity index (χ0n) is 36.9. The number of amides is 2. The Bertz CT molecular complexity index is 2210. The predicted molar refractivity (Wildman–Crippen MR) is 229 cm³/mol. The van der Waals surface area contributed by atoms with Crippen molar-refractivity contribution in [3.8, 4) is 5.88 Å². The summed E-state index contributed by atoms with van der Waals surface area (Å²) in [4.78, 5) is 66.1. The summed E-state index contributed by atoms with van der Waals surface area (Å²) < 4.78 is 87.7. The summed E-state index contributed by atoms with van der Waals surface area (Å²) in [5, 5.41) is 1.60. The number of hydrogen-bond donors (Lipinski definition) is 1. The van der Waals surface area contributed by atoms with Gasteiger partial charge in [-0.3, -0.25) is 23.9 Å². The number of allylic oxidation sites excluding steroid dienone is 2. The average Bonchev–Trinajstić information content (AvgIpc) is 4.14. The third kappa shape index (κ3) is 9.60. The Kier molecular flexibility index (Phi) is 13.3. The molecule has 346 valence electrons. The number of ether oxygens (including phenoxy) is 3. The summed E-state index contributed by atoms with van der Waals surface area (Å²) in [6, 6.07) is 6.46. The van der Waals surface area contributed by atoms with Crippen molar-refractivity contribution in [3.05, 3.63) is 42.6 Å². The molecular weight excluding hydrogens is 842 g/mol. The lowest BCUT2D eigenvalue weighted by molar-refractivity contribution is -0.197. The van der Waals surface area contributed by atoms with E-state index in [1.807, 2.05) is 50.3 Å². The van der Waals surface area contributed by atoms with Crippen molar-refractivity contribution >= 4 is 50.1 Å². The Morgan fingerprint density at radius 2 is 1.76 bits per heavy atom. The number of rotatable bonds is 12. The minimum atomic E-state index is -4.40. The highest BCUT2D eigenvalue weighted by molar-refractivity contribution is 7.91. The molecular formula is C46H61F3N4O9S. The molecule has 1 aromatic heterocycles. The lowest BCUT2D eigenvalue weighted by Crippen LogP contribution is -2.49. The molecule has 0 unspecified atom stereocenters. The number of aromatic nitrogens is 1. The Hall–Kier alpha value is -4.25. The van der Waals surface area contributed by atoms with Gasteiger partial charge in [0, 0.05) is 43.6 Å². The number of pyridine rings is 1. The van der Waals surface area contributed by atoms with Crippen LogP contribution in [0, 0.1) is 29.1 Å². The number of nitrogens with zero attached hydrogens (tertiary/aromatic N) is 3. The second-order valence-corrected chi connectivity index (χ2v) is 21.2. The summed E-state index contributed by atoms with van der Waals surface area (Å²) in [6.45, 7) is 8.08. The molecule has 17 heteroatoms. The molecule has 1 N–H and O–H groups in total. The lowest BCUT2D eigenvalue weighted by atomic mass is 9.79. The highest BCUT2D eigenvalue weighted by atomic mass is 32.2. The number of alkyl halides is 3. The van der Waals surface area contributed by atoms with E-state index >= 15 is 4.79 Å². The topological polar surface area (TPSA) is 162 Å². The van der Waals surface area contributed by atoms with Gasteiger partial charge in [-0.2, -0.15) is 0 Å². The molecule has 2 saturated heterocycles. The molecule has 7 atom stereocenters. The molecule has 3 aliphatic heterocycles. The van der Waals surface area contributed by atoms with Crippen LogP contribution in [0.4, 0.5) is 18.9 Å². The van der Waals surface area contributed by atoms with E-state index < -0.39 is 105 Å². The van der Waals surface area contributed by atoms with Crippen molar-refractivity contribution in [2.75, 3.05) is 44.4 Å². The van der Waals surface area contributed by atoms with Gasteiger partial charge >= 0.3 is 5.97 Å². The van der Waals surface area contributed by atoms with E-state index in [2.05, 4.69) is 9.62 Å². The molecule has 2 aliphatic carbocycles. The number of sulfonamides is 1. The maximum Gasteiger partial charge on any atom is 0.307 e. The summed E-state index contributed by atoms with van der Waals surface area (Å²) in [5.74, 6) is -7.90. The van der Waals surface area contributed by atoms with Gasteiger partial charge in [-0.1, -0.05) is 50.6 Å². The molecule has 2 amide bonds. The van der Waals surface area contributed by atoms with Gasteiger partial charge in [0.15, 0.2) is 11.4 Å². The number of ketones is 1. The van der Waals surface area contributed by atoms with Crippen LogP contribution in [0.3, 0.4) is 0 Å². The Balaban J connectivity index is 1.24. The smallest absolute Gasteiger partial charge is 0.307 e. The molecule has 2 saturated carbocycles. The summed E-state index contributed by atoms with van der Waals surface area (Å²) >= 11 is 0. The largest absolute Gasteiger partial charge is 0.472 e. The number of carbonyl (C=O) groups excluding carboxylic acids is 4. The van der Waals surface area contributed by atoms with Gasteiger partial charge in [-0.05, 0) is 76.2 Å². The summed E-state index contributed by atoms with van der Waals surface area (Å²) in [6.07, 6.45) is 6.36. The number of anilines is 1. The molecule has 0 spiro atoms. The maximum atomic E-state index is 15.2. The third-order valence-corrected chi connectivity index (χ3v) is 16.4. The molecule has 5 aliphatic rings. The number of benzene rings is 1. The summed E-state index contributed by atoms with van der Waals surface area (Å²) in [5.41, 5.74) is -2.73. The number of Topliss-reactive ketones (excluding diaryl/α,β-unsaturated/α-hetero) is 1. The first-order chi connectivity index (χ1) is 29.7. The van der Waals surface area contributed by atoms with E-state index in [1.54, 1.807) is 6.20 Å². The fraction of sp³-hybridized carbons (Fsp3) is 0.674. The molecule has 2 aromatic rings. The van der Waals surface area contributed by atoms with Gasteiger partial charge in [0.25, 0.3) is 5.92 Å². The van der Waals surface area contributed by atoms with E-state index in [1.165, 1.54) is 4.90 Å². The molecule has 4 heterocycles. The van der Waals surface area contributed by atoms with E-state index in [4.69, 9.17) is 19.2 Å². The van der Waals surface area contributed by atoms with Crippen molar-refractivity contribution < 1.29 is 55.0 Å². The van der Waals surface area contributed by atoms with Crippen LogP contribution in [0.1, 0.15) is 98.8 Å². The molecule has 0 bridgehead atoms. The van der Waals surface area contributed by atoms with Crippen LogP contribution in [0.5, 0.6) is 5.88 Å². The third-order valence-electron chi connectivity index (χ3n) is 14.3. The van der Waals surface area contributed by atoms with E-state index in [0.717, 1.165) is 24.9 Å². The zero-order valence-corrected chi connectivity index (χ0v) is 37.7. The van der Waals surface area contributed by atoms with Crippen molar-refractivity contribution in [2.45, 2.75) is 127 Å². The first-order valence-electron chi connectivity index (χ1n) is 22.3. The standard InChI is InChI=1S/C46H61F3N4O9S/c1-6-30-21-29(2)11-7-8-12-31-24-46(31,42(57)51-63(58,59)45(28-47)15-16-45)25-38(54)36-22-32(27-53(36)41(56)35(30)23-39(55)62-43(3,4)44(5,48)49)61-40-34-14-10-9-13-33(34)37(26-50-40)52-17-19-60-20-18-52/h8-10,12-14,26,29-32,35-36H,6-7,11,15-25,27-28H2,1-5H3,(H,51,57)/b12-8-/t29-,30-,31-,32-,35+,36+,46-/m1/s1. The number of nitrogens with one attached hydrogen (secondary N) is 1. The first-order valence-corrected chi connectivity index (χ1v) is 23.8. The Morgan fingerprint density at radius 1 is 1.06 bits per heavy atom. The normalized spacial score (nSPS) is 29.8. The van der Waals surface area contributed by atoms with Gasteiger partial charge in [0.2, 0.25) is 27.7 Å². The highest BCUT2D eigenvalue weighted by Crippen LogP contribution is 2.58. The summed E-state index contributed by atoms with van der Waals surface area (Å²) in [7, 11) is -4.40. The predicted octanol–water partition coefficient (Wildman–Crippen LogP) is 6.72. The zero-order chi connectivity index (χ0) is 45.5. The van der Waals surface area contributed by atoms with Crippen molar-refractivity contribution in [2.24, 2.45) is 29.1 Å². The SMILES string of the molecule is CC[C@@H]1C[C@H](C)CC/C=C\[C@@H]2C[C@@]2(C(=O)NS(=O)(=O)C2(CF)CC2)CC(=O)[C@@H]2C[C@@H](Oc3ncc(N4CCOCC4)c4ccccc34)CN2C(=O)[C@H]1CC(=O)OC(C)(C)C(C)(F)F. The van der Waals surface area contributed by atoms with E-state index in [-0.39, 0.29) is 44.0 Å². The number of morpholine rings is 1. The number of esters is 1. The minimum Gasteiger partial charge on any atom is -0.472 e. The second kappa shape index (κ2) is 18.0. The van der Waals surface area contributed by atoms with Gasteiger partial charge < -0.3 is 24.0 Å². The fourth-order valence-corrected chi connectivity index (χ4v) is 11.0. The quantitative estimate of drug-likeness (QED) is 0.178. The van der Waals surface area contributed by atoms with Crippen LogP contribution in [0.2, 0.25) is 0 Å². The Morgan fingerprint density at radius 3 is 2.41 bits per heavy atom. The van der Waals surface area contributed by atoms with Crippen molar-refractivity contribution in [3.63, 3.8) is 0 Å².